The molecule has 0 aromatic heterocycles. The van der Waals surface area contributed by atoms with Gasteiger partial charge in [-0.15, -0.1) is 0 Å². The van der Waals surface area contributed by atoms with Gasteiger partial charge >= 0.3 is 0 Å². The molecule has 0 amide bonds. The highest BCUT2D eigenvalue weighted by molar-refractivity contribution is 8.99. The summed E-state index contributed by atoms with van der Waals surface area (Å²) >= 11 is 9.32. The standard InChI is InChI=1S/C9H21OPS3/c1-5-8-9(4)14-11(12,10-6-2)13-7-3/h9H,5-8H2,1-4H3. The lowest BCUT2D eigenvalue weighted by Gasteiger charge is -2.22. The molecule has 1 nitrogen and oxygen atoms in total. The molecule has 0 aromatic carbocycles. The zero-order chi connectivity index (χ0) is 11.0. The summed E-state index contributed by atoms with van der Waals surface area (Å²) in [6.45, 7) is 9.40. The van der Waals surface area contributed by atoms with Crippen LogP contribution >= 0.6 is 27.4 Å². The molecule has 0 rings (SSSR count). The van der Waals surface area contributed by atoms with Crippen molar-refractivity contribution in [3.05, 3.63) is 0 Å². The van der Waals surface area contributed by atoms with E-state index in [0.29, 0.717) is 5.25 Å². The van der Waals surface area contributed by atoms with E-state index in [0.717, 1.165) is 12.4 Å². The lowest BCUT2D eigenvalue weighted by atomic mass is 10.3. The highest BCUT2D eigenvalue weighted by Gasteiger charge is 2.21. The second kappa shape index (κ2) is 8.46. The van der Waals surface area contributed by atoms with Crippen molar-refractivity contribution in [2.45, 2.75) is 45.8 Å². The van der Waals surface area contributed by atoms with Crippen molar-refractivity contribution in [1.29, 1.82) is 0 Å². The molecule has 86 valence electrons. The van der Waals surface area contributed by atoms with E-state index in [4.69, 9.17) is 16.3 Å². The molecule has 0 heterocycles. The van der Waals surface area contributed by atoms with Crippen LogP contribution in [0.4, 0.5) is 0 Å². The van der Waals surface area contributed by atoms with Crippen molar-refractivity contribution in [2.24, 2.45) is 0 Å². The Morgan fingerprint density at radius 1 is 1.36 bits per heavy atom. The van der Waals surface area contributed by atoms with Crippen molar-refractivity contribution in [1.82, 2.24) is 0 Å². The Morgan fingerprint density at radius 2 is 2.00 bits per heavy atom. The monoisotopic (exact) mass is 272 g/mol. The molecule has 0 saturated carbocycles. The summed E-state index contributed by atoms with van der Waals surface area (Å²) in [6.07, 6.45) is 2.47. The first-order valence-corrected chi connectivity index (χ1v) is 10.9. The van der Waals surface area contributed by atoms with Gasteiger partial charge in [0.1, 0.15) is 0 Å². The van der Waals surface area contributed by atoms with Crippen LogP contribution in [0.1, 0.15) is 40.5 Å². The maximum absolute atomic E-state index is 5.74. The summed E-state index contributed by atoms with van der Waals surface area (Å²) in [5, 5.41) is 0.636. The minimum atomic E-state index is -1.64. The van der Waals surface area contributed by atoms with E-state index in [1.807, 2.05) is 29.7 Å². The fourth-order valence-electron chi connectivity index (χ4n) is 1.09. The molecular formula is C9H21OPS3. The first kappa shape index (κ1) is 15.3. The number of rotatable bonds is 8. The average Bonchev–Trinajstić information content (AvgIpc) is 2.04. The van der Waals surface area contributed by atoms with Gasteiger partial charge in [0.25, 0.3) is 0 Å². The molecule has 0 aromatic rings. The minimum absolute atomic E-state index is 0.636. The van der Waals surface area contributed by atoms with Crippen LogP contribution in [0.3, 0.4) is 0 Å². The van der Waals surface area contributed by atoms with E-state index in [9.17, 15) is 0 Å². The van der Waals surface area contributed by atoms with Crippen LogP contribution in [0, 0.1) is 0 Å². The molecule has 0 fully saturated rings. The molecule has 0 saturated heterocycles. The average molecular weight is 272 g/mol. The van der Waals surface area contributed by atoms with Gasteiger partial charge in [0.2, 0.25) is 0 Å². The van der Waals surface area contributed by atoms with Crippen LogP contribution in [0.5, 0.6) is 0 Å². The first-order valence-electron chi connectivity index (χ1n) is 5.15. The SMILES string of the molecule is CCCC(C)SP(=S)(OCC)SCC. The fraction of sp³-hybridized carbons (Fsp3) is 1.00. The fourth-order valence-corrected chi connectivity index (χ4v) is 11.9. The Kier molecular flexibility index (Phi) is 9.25. The lowest BCUT2D eigenvalue weighted by molar-refractivity contribution is 0.393. The molecule has 0 radical (unpaired) electrons. The van der Waals surface area contributed by atoms with E-state index in [1.165, 1.54) is 12.8 Å². The molecule has 5 heteroatoms. The molecule has 2 atom stereocenters. The zero-order valence-corrected chi connectivity index (χ0v) is 12.8. The molecule has 0 aliphatic rings. The van der Waals surface area contributed by atoms with Crippen molar-refractivity contribution in [3.8, 4) is 0 Å². The van der Waals surface area contributed by atoms with E-state index in [-0.39, 0.29) is 0 Å². The normalized spacial score (nSPS) is 17.7. The van der Waals surface area contributed by atoms with Crippen molar-refractivity contribution >= 4 is 39.2 Å². The summed E-state index contributed by atoms with van der Waals surface area (Å²) in [4.78, 5) is 0. The van der Waals surface area contributed by atoms with Gasteiger partial charge in [-0.3, -0.25) is 0 Å². The molecule has 0 N–H and O–H groups in total. The van der Waals surface area contributed by atoms with Crippen LogP contribution in [-0.2, 0) is 16.3 Å². The van der Waals surface area contributed by atoms with Gasteiger partial charge in [0.05, 0.1) is 6.61 Å². The highest BCUT2D eigenvalue weighted by Crippen LogP contribution is 2.71. The summed E-state index contributed by atoms with van der Waals surface area (Å²) in [6, 6.07) is 0. The van der Waals surface area contributed by atoms with Crippen LogP contribution in [0.25, 0.3) is 0 Å². The zero-order valence-electron chi connectivity index (χ0n) is 9.49. The van der Waals surface area contributed by atoms with Crippen LogP contribution in [0.2, 0.25) is 0 Å². The molecular weight excluding hydrogens is 251 g/mol. The number of hydrogen-bond donors (Lipinski definition) is 0. The third kappa shape index (κ3) is 6.73. The Labute approximate surface area is 102 Å². The Bertz CT molecular complexity index is 177. The van der Waals surface area contributed by atoms with E-state index in [1.54, 1.807) is 0 Å². The van der Waals surface area contributed by atoms with Gasteiger partial charge in [-0.05, 0) is 30.9 Å². The molecule has 0 aliphatic heterocycles. The molecule has 0 bridgehead atoms. The van der Waals surface area contributed by atoms with Crippen LogP contribution in [-0.4, -0.2) is 17.6 Å². The molecule has 0 spiro atoms. The van der Waals surface area contributed by atoms with Crippen LogP contribution < -0.4 is 0 Å². The van der Waals surface area contributed by atoms with E-state index >= 15 is 0 Å². The van der Waals surface area contributed by atoms with E-state index < -0.39 is 4.67 Å². The summed E-state index contributed by atoms with van der Waals surface area (Å²) in [5.74, 6) is 1.06. The van der Waals surface area contributed by atoms with Gasteiger partial charge in [0.15, 0.2) is 4.67 Å². The molecule has 14 heavy (non-hydrogen) atoms. The van der Waals surface area contributed by atoms with Gasteiger partial charge in [-0.2, -0.15) is 0 Å². The quantitative estimate of drug-likeness (QED) is 0.579. The van der Waals surface area contributed by atoms with Crippen molar-refractivity contribution < 1.29 is 4.52 Å². The molecule has 2 unspecified atom stereocenters. The second-order valence-corrected chi connectivity index (χ2v) is 14.1. The van der Waals surface area contributed by atoms with Crippen molar-refractivity contribution in [3.63, 3.8) is 0 Å². The predicted molar refractivity (Wildman–Crippen MR) is 76.0 cm³/mol. The predicted octanol–water partition coefficient (Wildman–Crippen LogP) is 4.92. The maximum atomic E-state index is 5.74. The first-order chi connectivity index (χ1) is 6.58. The smallest absolute Gasteiger partial charge is 0.174 e. The maximum Gasteiger partial charge on any atom is 0.174 e. The summed E-state index contributed by atoms with van der Waals surface area (Å²) < 4.78 is 4.10. The second-order valence-electron chi connectivity index (χ2n) is 2.99. The van der Waals surface area contributed by atoms with Crippen molar-refractivity contribution in [2.75, 3.05) is 12.4 Å². The van der Waals surface area contributed by atoms with Crippen LogP contribution in [0.15, 0.2) is 0 Å². The third-order valence-electron chi connectivity index (χ3n) is 1.58. The van der Waals surface area contributed by atoms with Gasteiger partial charge < -0.3 is 4.52 Å². The number of hydrogen-bond acceptors (Lipinski definition) is 4. The molecule has 0 aliphatic carbocycles. The lowest BCUT2D eigenvalue weighted by Crippen LogP contribution is -1.95. The Hall–Kier alpha value is 1.31. The van der Waals surface area contributed by atoms with Gasteiger partial charge in [0, 0.05) is 5.25 Å². The third-order valence-corrected chi connectivity index (χ3v) is 11.6. The topological polar surface area (TPSA) is 9.23 Å². The highest BCUT2D eigenvalue weighted by atomic mass is 33.2. The Morgan fingerprint density at radius 3 is 2.43 bits per heavy atom. The summed E-state index contributed by atoms with van der Waals surface area (Å²) in [5.41, 5.74) is 0. The van der Waals surface area contributed by atoms with Gasteiger partial charge in [-0.1, -0.05) is 50.0 Å². The van der Waals surface area contributed by atoms with E-state index in [2.05, 4.69) is 20.8 Å². The van der Waals surface area contributed by atoms with Gasteiger partial charge in [-0.25, -0.2) is 0 Å². The summed E-state index contributed by atoms with van der Waals surface area (Å²) in [7, 11) is 0. The Balaban J connectivity index is 4.13. The minimum Gasteiger partial charge on any atom is -0.334 e. The largest absolute Gasteiger partial charge is 0.334 e.